The molecule has 20 heavy (non-hydrogen) atoms. The summed E-state index contributed by atoms with van der Waals surface area (Å²) in [5.41, 5.74) is 0.711. The molecule has 1 fully saturated rings. The normalized spacial score (nSPS) is 22.6. The third kappa shape index (κ3) is 2.68. The quantitative estimate of drug-likeness (QED) is 0.880. The molecule has 3 nitrogen and oxygen atoms in total. The summed E-state index contributed by atoms with van der Waals surface area (Å²) in [5.74, 6) is -0.0408. The number of amides is 1. The van der Waals surface area contributed by atoms with Gasteiger partial charge in [-0.3, -0.25) is 4.79 Å². The van der Waals surface area contributed by atoms with Crippen LogP contribution in [0.5, 0.6) is 0 Å². The summed E-state index contributed by atoms with van der Waals surface area (Å²) in [6, 6.07) is 13.8. The van der Waals surface area contributed by atoms with Crippen LogP contribution in [0.2, 0.25) is 0 Å². The molecule has 2 aromatic carbocycles. The lowest BCUT2D eigenvalue weighted by atomic mass is 9.92. The number of rotatable bonds is 2. The highest BCUT2D eigenvalue weighted by molar-refractivity contribution is 6.07. The van der Waals surface area contributed by atoms with E-state index in [1.165, 1.54) is 0 Å². The Morgan fingerprint density at radius 3 is 2.75 bits per heavy atom. The highest BCUT2D eigenvalue weighted by Crippen LogP contribution is 2.21. The van der Waals surface area contributed by atoms with Crippen molar-refractivity contribution < 1.29 is 9.90 Å². The van der Waals surface area contributed by atoms with Crippen molar-refractivity contribution in [3.05, 3.63) is 48.0 Å². The molecule has 3 rings (SSSR count). The van der Waals surface area contributed by atoms with Gasteiger partial charge in [-0.15, -0.1) is 0 Å². The number of hydrogen-bond donors (Lipinski definition) is 2. The van der Waals surface area contributed by atoms with Crippen LogP contribution in [0.4, 0.5) is 0 Å². The summed E-state index contributed by atoms with van der Waals surface area (Å²) in [4.78, 5) is 12.4. The predicted octanol–water partition coefficient (Wildman–Crippen LogP) is 2.87. The highest BCUT2D eigenvalue weighted by atomic mass is 16.3. The zero-order valence-electron chi connectivity index (χ0n) is 11.4. The average molecular weight is 269 g/mol. The van der Waals surface area contributed by atoms with Gasteiger partial charge in [0.05, 0.1) is 6.10 Å². The molecule has 0 unspecified atom stereocenters. The van der Waals surface area contributed by atoms with Gasteiger partial charge in [-0.2, -0.15) is 0 Å². The van der Waals surface area contributed by atoms with E-state index in [1.807, 2.05) is 42.5 Å². The van der Waals surface area contributed by atoms with Crippen molar-refractivity contribution in [2.45, 2.75) is 37.8 Å². The molecule has 0 aliphatic heterocycles. The Labute approximate surface area is 118 Å². The van der Waals surface area contributed by atoms with Gasteiger partial charge in [0.15, 0.2) is 0 Å². The smallest absolute Gasteiger partial charge is 0.252 e. The Bertz CT molecular complexity index is 618. The van der Waals surface area contributed by atoms with Crippen molar-refractivity contribution in [1.82, 2.24) is 5.32 Å². The fraction of sp³-hybridized carbons (Fsp3) is 0.353. The minimum Gasteiger partial charge on any atom is -0.393 e. The van der Waals surface area contributed by atoms with E-state index in [0.717, 1.165) is 30.0 Å². The molecule has 0 bridgehead atoms. The van der Waals surface area contributed by atoms with Crippen LogP contribution in [0.3, 0.4) is 0 Å². The molecule has 104 valence electrons. The number of fused-ring (bicyclic) bond motifs is 1. The van der Waals surface area contributed by atoms with Gasteiger partial charge in [0.1, 0.15) is 0 Å². The lowest BCUT2D eigenvalue weighted by molar-refractivity contribution is 0.0851. The van der Waals surface area contributed by atoms with Crippen LogP contribution in [0.25, 0.3) is 10.8 Å². The second-order valence-corrected chi connectivity index (χ2v) is 5.52. The Morgan fingerprint density at radius 2 is 1.90 bits per heavy atom. The average Bonchev–Trinajstić information content (AvgIpc) is 2.46. The second-order valence-electron chi connectivity index (χ2n) is 5.52. The lowest BCUT2D eigenvalue weighted by Crippen LogP contribution is -2.39. The largest absolute Gasteiger partial charge is 0.393 e. The minimum absolute atomic E-state index is 0.0408. The van der Waals surface area contributed by atoms with Gasteiger partial charge in [0.2, 0.25) is 0 Å². The third-order valence-electron chi connectivity index (χ3n) is 4.02. The molecule has 0 aromatic heterocycles. The molecule has 1 amide bonds. The number of carbonyl (C=O) groups is 1. The van der Waals surface area contributed by atoms with Crippen LogP contribution in [-0.2, 0) is 0 Å². The van der Waals surface area contributed by atoms with E-state index >= 15 is 0 Å². The number of benzene rings is 2. The topological polar surface area (TPSA) is 49.3 Å². The zero-order chi connectivity index (χ0) is 13.9. The van der Waals surface area contributed by atoms with Crippen molar-refractivity contribution in [2.24, 2.45) is 0 Å². The van der Waals surface area contributed by atoms with Crippen molar-refractivity contribution in [1.29, 1.82) is 0 Å². The molecule has 0 spiro atoms. The van der Waals surface area contributed by atoms with Gasteiger partial charge in [-0.05, 0) is 42.5 Å². The summed E-state index contributed by atoms with van der Waals surface area (Å²) < 4.78 is 0. The highest BCUT2D eigenvalue weighted by Gasteiger charge is 2.22. The van der Waals surface area contributed by atoms with Crippen molar-refractivity contribution >= 4 is 16.7 Å². The monoisotopic (exact) mass is 269 g/mol. The number of aliphatic hydroxyl groups excluding tert-OH is 1. The van der Waals surface area contributed by atoms with Gasteiger partial charge in [-0.25, -0.2) is 0 Å². The molecule has 1 aliphatic rings. The maximum absolute atomic E-state index is 12.4. The molecule has 1 saturated carbocycles. The fourth-order valence-electron chi connectivity index (χ4n) is 2.98. The fourth-order valence-corrected chi connectivity index (χ4v) is 2.98. The lowest BCUT2D eigenvalue weighted by Gasteiger charge is -2.26. The van der Waals surface area contributed by atoms with Crippen LogP contribution in [0, 0.1) is 0 Å². The number of nitrogens with one attached hydrogen (secondary N) is 1. The van der Waals surface area contributed by atoms with Gasteiger partial charge in [0.25, 0.3) is 5.91 Å². The number of aliphatic hydroxyl groups is 1. The van der Waals surface area contributed by atoms with Crippen LogP contribution in [0.15, 0.2) is 42.5 Å². The zero-order valence-corrected chi connectivity index (χ0v) is 11.4. The summed E-state index contributed by atoms with van der Waals surface area (Å²) in [6.07, 6.45) is 3.16. The molecule has 2 N–H and O–H groups in total. The Kier molecular flexibility index (Phi) is 3.70. The van der Waals surface area contributed by atoms with Crippen LogP contribution in [0.1, 0.15) is 36.0 Å². The first-order valence-electron chi connectivity index (χ1n) is 7.21. The second kappa shape index (κ2) is 5.63. The van der Waals surface area contributed by atoms with Gasteiger partial charge >= 0.3 is 0 Å². The molecule has 0 heterocycles. The summed E-state index contributed by atoms with van der Waals surface area (Å²) in [6.45, 7) is 0. The summed E-state index contributed by atoms with van der Waals surface area (Å²) in [5, 5.41) is 14.8. The molecule has 0 saturated heterocycles. The van der Waals surface area contributed by atoms with E-state index in [2.05, 4.69) is 5.32 Å². The van der Waals surface area contributed by atoms with Crippen molar-refractivity contribution in [3.8, 4) is 0 Å². The standard InChI is InChI=1S/C17H19NO2/c19-14-8-4-7-13(11-14)18-17(20)16-10-3-6-12-5-1-2-9-15(12)16/h1-3,5-6,9-10,13-14,19H,4,7-8,11H2,(H,18,20)/t13-,14-/m0/s1. The first-order chi connectivity index (χ1) is 9.74. The Hall–Kier alpha value is -1.87. The molecule has 0 radical (unpaired) electrons. The minimum atomic E-state index is -0.276. The van der Waals surface area contributed by atoms with Crippen LogP contribution in [-0.4, -0.2) is 23.2 Å². The van der Waals surface area contributed by atoms with E-state index in [1.54, 1.807) is 0 Å². The van der Waals surface area contributed by atoms with Crippen LogP contribution >= 0.6 is 0 Å². The summed E-state index contributed by atoms with van der Waals surface area (Å²) >= 11 is 0. The number of carbonyl (C=O) groups excluding carboxylic acids is 1. The molecule has 2 atom stereocenters. The molecule has 3 heteroatoms. The SMILES string of the molecule is O=C(N[C@H]1CCC[C@H](O)C1)c1cccc2ccccc12. The van der Waals surface area contributed by atoms with E-state index in [9.17, 15) is 9.90 Å². The molecular weight excluding hydrogens is 250 g/mol. The molecular formula is C17H19NO2. The molecule has 2 aromatic rings. The maximum Gasteiger partial charge on any atom is 0.252 e. The first kappa shape index (κ1) is 13.1. The van der Waals surface area contributed by atoms with Gasteiger partial charge in [-0.1, -0.05) is 36.4 Å². The Balaban J connectivity index is 1.82. The van der Waals surface area contributed by atoms with E-state index in [4.69, 9.17) is 0 Å². The third-order valence-corrected chi connectivity index (χ3v) is 4.02. The van der Waals surface area contributed by atoms with E-state index < -0.39 is 0 Å². The maximum atomic E-state index is 12.4. The summed E-state index contributed by atoms with van der Waals surface area (Å²) in [7, 11) is 0. The number of hydrogen-bond acceptors (Lipinski definition) is 2. The Morgan fingerprint density at radius 1 is 1.10 bits per heavy atom. The van der Waals surface area contributed by atoms with Gasteiger partial charge < -0.3 is 10.4 Å². The van der Waals surface area contributed by atoms with Gasteiger partial charge in [0, 0.05) is 11.6 Å². The van der Waals surface area contributed by atoms with E-state index in [-0.39, 0.29) is 18.1 Å². The van der Waals surface area contributed by atoms with Crippen LogP contribution < -0.4 is 5.32 Å². The van der Waals surface area contributed by atoms with E-state index in [0.29, 0.717) is 12.0 Å². The predicted molar refractivity (Wildman–Crippen MR) is 79.7 cm³/mol. The van der Waals surface area contributed by atoms with Crippen molar-refractivity contribution in [2.75, 3.05) is 0 Å². The molecule has 1 aliphatic carbocycles. The van der Waals surface area contributed by atoms with Crippen molar-refractivity contribution in [3.63, 3.8) is 0 Å². The first-order valence-corrected chi connectivity index (χ1v) is 7.21.